The van der Waals surface area contributed by atoms with Crippen molar-refractivity contribution in [3.8, 4) is 0 Å². The monoisotopic (exact) mass is 277 g/mol. The summed E-state index contributed by atoms with van der Waals surface area (Å²) in [5.41, 5.74) is 2.78. The SMILES string of the molecule is CCCNC(c1cccc(CC(C)C)c1)C(CC)OC. The molecule has 1 rings (SSSR count). The predicted octanol–water partition coefficient (Wildman–Crippen LogP) is 4.35. The Morgan fingerprint density at radius 3 is 2.50 bits per heavy atom. The average Bonchev–Trinajstić information content (AvgIpc) is 2.43. The van der Waals surface area contributed by atoms with Crippen LogP contribution in [0, 0.1) is 5.92 Å². The van der Waals surface area contributed by atoms with E-state index in [0.29, 0.717) is 5.92 Å². The fourth-order valence-electron chi connectivity index (χ4n) is 2.69. The van der Waals surface area contributed by atoms with Gasteiger partial charge in [-0.3, -0.25) is 0 Å². The maximum atomic E-state index is 5.67. The molecule has 0 aliphatic rings. The third-order valence-corrected chi connectivity index (χ3v) is 3.65. The molecule has 1 aromatic carbocycles. The van der Waals surface area contributed by atoms with E-state index < -0.39 is 0 Å². The lowest BCUT2D eigenvalue weighted by Crippen LogP contribution is -2.33. The normalized spacial score (nSPS) is 14.5. The number of nitrogens with one attached hydrogen (secondary N) is 1. The molecule has 2 atom stereocenters. The minimum atomic E-state index is 0.232. The minimum absolute atomic E-state index is 0.232. The van der Waals surface area contributed by atoms with Gasteiger partial charge in [-0.15, -0.1) is 0 Å². The van der Waals surface area contributed by atoms with Crippen LogP contribution in [0.1, 0.15) is 57.7 Å². The van der Waals surface area contributed by atoms with Crippen molar-refractivity contribution in [1.29, 1.82) is 0 Å². The van der Waals surface area contributed by atoms with E-state index in [1.54, 1.807) is 0 Å². The van der Waals surface area contributed by atoms with Gasteiger partial charge in [0.25, 0.3) is 0 Å². The van der Waals surface area contributed by atoms with Crippen LogP contribution in [0.2, 0.25) is 0 Å². The van der Waals surface area contributed by atoms with Crippen molar-refractivity contribution in [1.82, 2.24) is 5.32 Å². The maximum absolute atomic E-state index is 5.67. The lowest BCUT2D eigenvalue weighted by atomic mass is 9.95. The van der Waals surface area contributed by atoms with Crippen LogP contribution >= 0.6 is 0 Å². The Balaban J connectivity index is 2.93. The van der Waals surface area contributed by atoms with E-state index in [1.165, 1.54) is 11.1 Å². The summed E-state index contributed by atoms with van der Waals surface area (Å²) in [6.45, 7) is 9.95. The second-order valence-electron chi connectivity index (χ2n) is 5.96. The van der Waals surface area contributed by atoms with E-state index in [1.807, 2.05) is 7.11 Å². The quantitative estimate of drug-likeness (QED) is 0.724. The van der Waals surface area contributed by atoms with E-state index in [0.717, 1.165) is 25.8 Å². The van der Waals surface area contributed by atoms with Crippen LogP contribution in [0.5, 0.6) is 0 Å². The Labute approximate surface area is 124 Å². The van der Waals surface area contributed by atoms with Crippen LogP contribution in [-0.4, -0.2) is 19.8 Å². The molecular formula is C18H31NO. The number of ether oxygens (including phenoxy) is 1. The Hall–Kier alpha value is -0.860. The second-order valence-corrected chi connectivity index (χ2v) is 5.96. The average molecular weight is 277 g/mol. The van der Waals surface area contributed by atoms with E-state index >= 15 is 0 Å². The van der Waals surface area contributed by atoms with Gasteiger partial charge in [0.05, 0.1) is 12.1 Å². The molecule has 0 aliphatic carbocycles. The first-order valence-corrected chi connectivity index (χ1v) is 7.97. The van der Waals surface area contributed by atoms with Crippen molar-refractivity contribution >= 4 is 0 Å². The van der Waals surface area contributed by atoms with Gasteiger partial charge in [-0.1, -0.05) is 52.0 Å². The van der Waals surface area contributed by atoms with Crippen LogP contribution < -0.4 is 5.32 Å². The van der Waals surface area contributed by atoms with Crippen molar-refractivity contribution in [3.05, 3.63) is 35.4 Å². The lowest BCUT2D eigenvalue weighted by Gasteiger charge is -2.27. The number of methoxy groups -OCH3 is 1. The fraction of sp³-hybridized carbons (Fsp3) is 0.667. The zero-order valence-corrected chi connectivity index (χ0v) is 13.8. The summed E-state index contributed by atoms with van der Waals surface area (Å²) >= 11 is 0. The van der Waals surface area contributed by atoms with Crippen molar-refractivity contribution < 1.29 is 4.74 Å². The van der Waals surface area contributed by atoms with Crippen molar-refractivity contribution in [2.45, 2.75) is 59.1 Å². The van der Waals surface area contributed by atoms with E-state index in [4.69, 9.17) is 4.74 Å². The molecule has 2 unspecified atom stereocenters. The first-order chi connectivity index (χ1) is 9.62. The smallest absolute Gasteiger partial charge is 0.0763 e. The summed E-state index contributed by atoms with van der Waals surface area (Å²) in [5.74, 6) is 0.691. The van der Waals surface area contributed by atoms with Gasteiger partial charge in [-0.25, -0.2) is 0 Å². The van der Waals surface area contributed by atoms with Gasteiger partial charge < -0.3 is 10.1 Å². The highest BCUT2D eigenvalue weighted by Gasteiger charge is 2.21. The van der Waals surface area contributed by atoms with Gasteiger partial charge in [0, 0.05) is 7.11 Å². The molecule has 2 heteroatoms. The van der Waals surface area contributed by atoms with E-state index in [-0.39, 0.29) is 12.1 Å². The molecule has 0 aliphatic heterocycles. The molecule has 0 saturated carbocycles. The molecule has 1 aromatic rings. The molecule has 0 heterocycles. The molecule has 20 heavy (non-hydrogen) atoms. The molecule has 114 valence electrons. The molecule has 0 fully saturated rings. The Kier molecular flexibility index (Phi) is 7.86. The highest BCUT2D eigenvalue weighted by Crippen LogP contribution is 2.23. The molecule has 2 nitrogen and oxygen atoms in total. The fourth-order valence-corrected chi connectivity index (χ4v) is 2.69. The minimum Gasteiger partial charge on any atom is -0.379 e. The van der Waals surface area contributed by atoms with Gasteiger partial charge in [0.1, 0.15) is 0 Å². The maximum Gasteiger partial charge on any atom is 0.0763 e. The Morgan fingerprint density at radius 2 is 1.95 bits per heavy atom. The van der Waals surface area contributed by atoms with Gasteiger partial charge in [-0.2, -0.15) is 0 Å². The first kappa shape index (κ1) is 17.2. The van der Waals surface area contributed by atoms with Crippen molar-refractivity contribution in [2.24, 2.45) is 5.92 Å². The van der Waals surface area contributed by atoms with Crippen LogP contribution in [-0.2, 0) is 11.2 Å². The number of rotatable bonds is 9. The number of hydrogen-bond donors (Lipinski definition) is 1. The second kappa shape index (κ2) is 9.15. The standard InChI is InChI=1S/C18H31NO/c1-6-11-19-18(17(7-2)20-5)16-10-8-9-15(13-16)12-14(3)4/h8-10,13-14,17-19H,6-7,11-12H2,1-5H3. The van der Waals surface area contributed by atoms with Crippen LogP contribution in [0.25, 0.3) is 0 Å². The number of benzene rings is 1. The molecule has 0 bridgehead atoms. The molecule has 1 N–H and O–H groups in total. The molecule has 0 amide bonds. The molecule has 0 saturated heterocycles. The van der Waals surface area contributed by atoms with Gasteiger partial charge in [0.2, 0.25) is 0 Å². The highest BCUT2D eigenvalue weighted by molar-refractivity contribution is 5.27. The van der Waals surface area contributed by atoms with Gasteiger partial charge >= 0.3 is 0 Å². The van der Waals surface area contributed by atoms with E-state index in [9.17, 15) is 0 Å². The van der Waals surface area contributed by atoms with Crippen LogP contribution in [0.15, 0.2) is 24.3 Å². The molecule has 0 aromatic heterocycles. The lowest BCUT2D eigenvalue weighted by molar-refractivity contribution is 0.0650. The summed E-state index contributed by atoms with van der Waals surface area (Å²) < 4.78 is 5.67. The summed E-state index contributed by atoms with van der Waals surface area (Å²) in [5, 5.41) is 3.64. The summed E-state index contributed by atoms with van der Waals surface area (Å²) in [7, 11) is 1.81. The van der Waals surface area contributed by atoms with Gasteiger partial charge in [-0.05, 0) is 42.9 Å². The third kappa shape index (κ3) is 5.26. The highest BCUT2D eigenvalue weighted by atomic mass is 16.5. The summed E-state index contributed by atoms with van der Waals surface area (Å²) in [6.07, 6.45) is 3.53. The summed E-state index contributed by atoms with van der Waals surface area (Å²) in [4.78, 5) is 0. The predicted molar refractivity (Wildman–Crippen MR) is 87.1 cm³/mol. The Morgan fingerprint density at radius 1 is 1.20 bits per heavy atom. The molecule has 0 spiro atoms. The van der Waals surface area contributed by atoms with Crippen LogP contribution in [0.3, 0.4) is 0 Å². The van der Waals surface area contributed by atoms with Gasteiger partial charge in [0.15, 0.2) is 0 Å². The third-order valence-electron chi connectivity index (χ3n) is 3.65. The molecular weight excluding hydrogens is 246 g/mol. The van der Waals surface area contributed by atoms with Crippen LogP contribution in [0.4, 0.5) is 0 Å². The van der Waals surface area contributed by atoms with Crippen molar-refractivity contribution in [3.63, 3.8) is 0 Å². The number of hydrogen-bond acceptors (Lipinski definition) is 2. The zero-order chi connectivity index (χ0) is 15.0. The summed E-state index contributed by atoms with van der Waals surface area (Å²) in [6, 6.07) is 9.26. The molecule has 0 radical (unpaired) electrons. The van der Waals surface area contributed by atoms with Crippen molar-refractivity contribution in [2.75, 3.05) is 13.7 Å². The topological polar surface area (TPSA) is 21.3 Å². The zero-order valence-electron chi connectivity index (χ0n) is 13.8. The Bertz CT molecular complexity index is 371. The largest absolute Gasteiger partial charge is 0.379 e. The first-order valence-electron chi connectivity index (χ1n) is 7.97. The van der Waals surface area contributed by atoms with E-state index in [2.05, 4.69) is 57.3 Å².